The number of benzene rings is 1. The van der Waals surface area contributed by atoms with Gasteiger partial charge in [-0.05, 0) is 63.6 Å². The Balaban J connectivity index is 1.53. The Labute approximate surface area is 192 Å². The average Bonchev–Trinajstić information content (AvgIpc) is 3.71. The van der Waals surface area contributed by atoms with Crippen LogP contribution in [0.15, 0.2) is 17.1 Å². The second-order valence-electron chi connectivity index (χ2n) is 9.91. The van der Waals surface area contributed by atoms with Crippen LogP contribution in [-0.4, -0.2) is 52.8 Å². The molecule has 2 saturated carbocycles. The van der Waals surface area contributed by atoms with Gasteiger partial charge < -0.3 is 14.6 Å². The van der Waals surface area contributed by atoms with Crippen molar-refractivity contribution in [2.75, 3.05) is 31.6 Å². The first kappa shape index (κ1) is 21.9. The molecule has 33 heavy (non-hydrogen) atoms. The van der Waals surface area contributed by atoms with E-state index in [0.717, 1.165) is 51.7 Å². The number of anilines is 1. The molecule has 0 bridgehead atoms. The number of carbonyl (C=O) groups is 1. The minimum absolute atomic E-state index is 0.0966. The van der Waals surface area contributed by atoms with Gasteiger partial charge in [0.05, 0.1) is 17.3 Å². The van der Waals surface area contributed by atoms with Crippen LogP contribution in [0, 0.1) is 30.0 Å². The molecule has 1 unspecified atom stereocenters. The van der Waals surface area contributed by atoms with Gasteiger partial charge in [-0.3, -0.25) is 9.69 Å². The first-order valence-corrected chi connectivity index (χ1v) is 11.7. The predicted octanol–water partition coefficient (Wildman–Crippen LogP) is 3.69. The number of aryl methyl sites for hydroxylation is 1. The van der Waals surface area contributed by atoms with Crippen molar-refractivity contribution >= 4 is 22.6 Å². The van der Waals surface area contributed by atoms with Crippen molar-refractivity contribution < 1.29 is 14.3 Å². The number of fused-ring (bicyclic) bond motifs is 1. The molecule has 5 rings (SSSR count). The lowest BCUT2D eigenvalue weighted by molar-refractivity contribution is 0.0695. The van der Waals surface area contributed by atoms with Crippen LogP contribution in [0.4, 0.5) is 10.1 Å². The summed E-state index contributed by atoms with van der Waals surface area (Å²) >= 11 is 0. The lowest BCUT2D eigenvalue weighted by Gasteiger charge is -2.33. The number of nitrogens with zero attached hydrogens (tertiary/aromatic N) is 4. The summed E-state index contributed by atoms with van der Waals surface area (Å²) in [4.78, 5) is 28.9. The number of hydrogen-bond acceptors (Lipinski definition) is 5. The SMILES string of the molecule is Cc1c(N2CCC(C3(N(C)CCC#N)CC3)C2)c(F)cc2c(=O)c(C(=O)O)cn(C3CC3)c12. The molecule has 8 heteroatoms. The molecule has 174 valence electrons. The summed E-state index contributed by atoms with van der Waals surface area (Å²) in [7, 11) is 2.09. The zero-order valence-corrected chi connectivity index (χ0v) is 19.1. The van der Waals surface area contributed by atoms with E-state index in [4.69, 9.17) is 5.26 Å². The van der Waals surface area contributed by atoms with Crippen LogP contribution in [0.5, 0.6) is 0 Å². The molecule has 0 amide bonds. The molecule has 1 aromatic carbocycles. The van der Waals surface area contributed by atoms with E-state index in [1.165, 1.54) is 12.3 Å². The highest BCUT2D eigenvalue weighted by molar-refractivity contribution is 5.95. The number of nitriles is 1. The number of aromatic nitrogens is 1. The summed E-state index contributed by atoms with van der Waals surface area (Å²) in [5, 5.41) is 18.6. The molecule has 2 heterocycles. The minimum atomic E-state index is -1.28. The lowest BCUT2D eigenvalue weighted by Crippen LogP contribution is -2.42. The van der Waals surface area contributed by atoms with Crippen molar-refractivity contribution in [1.82, 2.24) is 9.47 Å². The van der Waals surface area contributed by atoms with E-state index >= 15 is 4.39 Å². The Hall–Kier alpha value is -2.92. The van der Waals surface area contributed by atoms with Gasteiger partial charge in [-0.2, -0.15) is 5.26 Å². The smallest absolute Gasteiger partial charge is 0.341 e. The Morgan fingerprint density at radius 2 is 2.09 bits per heavy atom. The molecule has 3 fully saturated rings. The summed E-state index contributed by atoms with van der Waals surface area (Å²) in [5.74, 6) is -1.35. The molecule has 1 atom stereocenters. The third-order valence-electron chi connectivity index (χ3n) is 8.00. The van der Waals surface area contributed by atoms with Gasteiger partial charge in [-0.15, -0.1) is 0 Å². The van der Waals surface area contributed by atoms with Gasteiger partial charge in [0.1, 0.15) is 11.4 Å². The molecule has 1 saturated heterocycles. The Morgan fingerprint density at radius 1 is 1.36 bits per heavy atom. The van der Waals surface area contributed by atoms with Gasteiger partial charge >= 0.3 is 5.97 Å². The van der Waals surface area contributed by atoms with Crippen molar-refractivity contribution in [1.29, 1.82) is 5.26 Å². The third kappa shape index (κ3) is 3.50. The fraction of sp³-hybridized carbons (Fsp3) is 0.560. The van der Waals surface area contributed by atoms with Crippen molar-refractivity contribution in [3.05, 3.63) is 39.4 Å². The van der Waals surface area contributed by atoms with Crippen LogP contribution in [0.3, 0.4) is 0 Å². The molecule has 2 aromatic rings. The van der Waals surface area contributed by atoms with E-state index in [1.54, 1.807) is 0 Å². The van der Waals surface area contributed by atoms with E-state index in [0.29, 0.717) is 29.1 Å². The van der Waals surface area contributed by atoms with Crippen LogP contribution in [0.1, 0.15) is 60.5 Å². The molecule has 1 aliphatic heterocycles. The summed E-state index contributed by atoms with van der Waals surface area (Å²) in [5.41, 5.74) is 1.04. The molecule has 2 aliphatic carbocycles. The first-order chi connectivity index (χ1) is 15.8. The summed E-state index contributed by atoms with van der Waals surface area (Å²) in [6, 6.07) is 3.62. The molecule has 1 aromatic heterocycles. The Morgan fingerprint density at radius 3 is 2.70 bits per heavy atom. The number of carboxylic acid groups (broad SMARTS) is 1. The first-order valence-electron chi connectivity index (χ1n) is 11.7. The van der Waals surface area contributed by atoms with E-state index in [-0.39, 0.29) is 22.5 Å². The van der Waals surface area contributed by atoms with Crippen LogP contribution in [0.25, 0.3) is 10.9 Å². The van der Waals surface area contributed by atoms with Gasteiger partial charge in [0.15, 0.2) is 0 Å². The zero-order chi connectivity index (χ0) is 23.5. The second kappa shape index (κ2) is 7.84. The Kier molecular flexibility index (Phi) is 5.20. The van der Waals surface area contributed by atoms with E-state index in [9.17, 15) is 14.7 Å². The standard InChI is InChI=1S/C25H29FN4O3/c1-15-21-18(23(31)19(24(32)33)14-30(21)17-4-5-17)12-20(26)22(15)29-11-6-16(13-29)25(7-8-25)28(2)10-3-9-27/h12,14,16-17H,3-8,10-11,13H2,1-2H3,(H,32,33). The highest BCUT2D eigenvalue weighted by Crippen LogP contribution is 2.51. The Bertz CT molecular complexity index is 1240. The molecular formula is C25H29FN4O3. The number of carboxylic acids is 1. The van der Waals surface area contributed by atoms with Crippen molar-refractivity contribution in [3.8, 4) is 6.07 Å². The number of rotatable bonds is 7. The van der Waals surface area contributed by atoms with Crippen LogP contribution in [0.2, 0.25) is 0 Å². The number of halogens is 1. The van der Waals surface area contributed by atoms with Gasteiger partial charge in [0.25, 0.3) is 0 Å². The van der Waals surface area contributed by atoms with Crippen LogP contribution >= 0.6 is 0 Å². The van der Waals surface area contributed by atoms with Gasteiger partial charge in [-0.25, -0.2) is 9.18 Å². The highest BCUT2D eigenvalue weighted by Gasteiger charge is 2.53. The topological polar surface area (TPSA) is 89.6 Å². The van der Waals surface area contributed by atoms with Crippen molar-refractivity contribution in [3.63, 3.8) is 0 Å². The zero-order valence-electron chi connectivity index (χ0n) is 19.1. The van der Waals surface area contributed by atoms with E-state index in [1.807, 2.05) is 11.5 Å². The van der Waals surface area contributed by atoms with E-state index < -0.39 is 17.2 Å². The molecule has 1 N–H and O–H groups in total. The van der Waals surface area contributed by atoms with Crippen LogP contribution < -0.4 is 10.3 Å². The maximum absolute atomic E-state index is 15.5. The minimum Gasteiger partial charge on any atom is -0.477 e. The molecule has 0 spiro atoms. The summed E-state index contributed by atoms with van der Waals surface area (Å²) < 4.78 is 17.4. The number of aromatic carboxylic acids is 1. The largest absolute Gasteiger partial charge is 0.477 e. The summed E-state index contributed by atoms with van der Waals surface area (Å²) in [6.07, 6.45) is 6.96. The highest BCUT2D eigenvalue weighted by atomic mass is 19.1. The molecule has 3 aliphatic rings. The third-order valence-corrected chi connectivity index (χ3v) is 8.00. The summed E-state index contributed by atoms with van der Waals surface area (Å²) in [6.45, 7) is 4.07. The molecule has 7 nitrogen and oxygen atoms in total. The van der Waals surface area contributed by atoms with Crippen molar-refractivity contribution in [2.45, 2.75) is 57.0 Å². The van der Waals surface area contributed by atoms with Gasteiger partial charge in [-0.1, -0.05) is 0 Å². The maximum Gasteiger partial charge on any atom is 0.341 e. The van der Waals surface area contributed by atoms with Gasteiger partial charge in [0, 0.05) is 49.2 Å². The lowest BCUT2D eigenvalue weighted by atomic mass is 9.94. The fourth-order valence-corrected chi connectivity index (χ4v) is 5.92. The second-order valence-corrected chi connectivity index (χ2v) is 9.91. The van der Waals surface area contributed by atoms with Crippen molar-refractivity contribution in [2.24, 2.45) is 5.92 Å². The average molecular weight is 453 g/mol. The fourth-order valence-electron chi connectivity index (χ4n) is 5.92. The monoisotopic (exact) mass is 452 g/mol. The van der Waals surface area contributed by atoms with E-state index in [2.05, 4.69) is 22.9 Å². The molecule has 0 radical (unpaired) electrons. The normalized spacial score (nSPS) is 21.5. The van der Waals surface area contributed by atoms with Crippen LogP contribution in [-0.2, 0) is 0 Å². The number of pyridine rings is 1. The quantitative estimate of drug-likeness (QED) is 0.689. The predicted molar refractivity (Wildman–Crippen MR) is 123 cm³/mol. The molecular weight excluding hydrogens is 423 g/mol. The van der Waals surface area contributed by atoms with Gasteiger partial charge in [0.2, 0.25) is 5.43 Å². The number of hydrogen-bond donors (Lipinski definition) is 1. The maximum atomic E-state index is 15.5.